The highest BCUT2D eigenvalue weighted by Gasteiger charge is 2.08. The van der Waals surface area contributed by atoms with Crippen molar-refractivity contribution in [2.75, 3.05) is 19.7 Å². The zero-order valence-corrected chi connectivity index (χ0v) is 13.2. The summed E-state index contributed by atoms with van der Waals surface area (Å²) < 4.78 is 5.51. The summed E-state index contributed by atoms with van der Waals surface area (Å²) >= 11 is 3.27. The molecule has 1 aromatic carbocycles. The normalized spacial score (nSPS) is 9.81. The topological polar surface area (TPSA) is 84.5 Å². The molecule has 6 nitrogen and oxygen atoms in total. The quantitative estimate of drug-likeness (QED) is 0.720. The van der Waals surface area contributed by atoms with Crippen LogP contribution < -0.4 is 10.6 Å². The van der Waals surface area contributed by atoms with Crippen molar-refractivity contribution in [3.63, 3.8) is 0 Å². The summed E-state index contributed by atoms with van der Waals surface area (Å²) in [6, 6.07) is 6.85. The van der Waals surface area contributed by atoms with Crippen LogP contribution in [-0.2, 0) is 14.3 Å². The van der Waals surface area contributed by atoms with Gasteiger partial charge >= 0.3 is 5.97 Å². The summed E-state index contributed by atoms with van der Waals surface area (Å²) in [7, 11) is 0. The van der Waals surface area contributed by atoms with Crippen molar-refractivity contribution in [3.05, 3.63) is 34.3 Å². The third kappa shape index (κ3) is 6.89. The van der Waals surface area contributed by atoms with Gasteiger partial charge in [-0.15, -0.1) is 0 Å². The number of ether oxygens (including phenoxy) is 1. The molecule has 0 radical (unpaired) electrons. The molecular formula is C14H17BrN2O4. The second-order valence-electron chi connectivity index (χ2n) is 4.10. The summed E-state index contributed by atoms with van der Waals surface area (Å²) in [6.07, 6.45) is 0.110. The predicted molar refractivity (Wildman–Crippen MR) is 80.7 cm³/mol. The zero-order valence-electron chi connectivity index (χ0n) is 11.6. The van der Waals surface area contributed by atoms with Crippen LogP contribution in [0, 0.1) is 0 Å². The summed E-state index contributed by atoms with van der Waals surface area (Å²) in [5.74, 6) is -1.06. The Hall–Kier alpha value is -1.89. The predicted octanol–water partition coefficient (Wildman–Crippen LogP) is 1.25. The molecule has 0 bridgehead atoms. The van der Waals surface area contributed by atoms with E-state index in [1.54, 1.807) is 31.2 Å². The lowest BCUT2D eigenvalue weighted by Crippen LogP contribution is -2.37. The molecule has 0 aromatic heterocycles. The molecule has 0 aliphatic carbocycles. The van der Waals surface area contributed by atoms with E-state index >= 15 is 0 Å². The van der Waals surface area contributed by atoms with Crippen LogP contribution in [-0.4, -0.2) is 37.5 Å². The van der Waals surface area contributed by atoms with Crippen LogP contribution in [0.5, 0.6) is 0 Å². The van der Waals surface area contributed by atoms with Gasteiger partial charge in [0.15, 0.2) is 0 Å². The average molecular weight is 357 g/mol. The van der Waals surface area contributed by atoms with Gasteiger partial charge in [0.05, 0.1) is 19.6 Å². The molecule has 0 fully saturated rings. The second kappa shape index (κ2) is 9.12. The van der Waals surface area contributed by atoms with Crippen LogP contribution >= 0.6 is 15.9 Å². The highest BCUT2D eigenvalue weighted by atomic mass is 79.9. The number of rotatable bonds is 7. The Morgan fingerprint density at radius 1 is 1.24 bits per heavy atom. The molecule has 2 N–H and O–H groups in total. The number of esters is 1. The van der Waals surface area contributed by atoms with E-state index in [1.807, 2.05) is 0 Å². The molecular weight excluding hydrogens is 340 g/mol. The minimum absolute atomic E-state index is 0.110. The molecule has 0 aliphatic heterocycles. The molecule has 1 rings (SSSR count). The van der Waals surface area contributed by atoms with Crippen LogP contribution in [0.2, 0.25) is 0 Å². The van der Waals surface area contributed by atoms with E-state index in [-0.39, 0.29) is 37.3 Å². The molecule has 0 saturated heterocycles. The first-order valence-corrected chi connectivity index (χ1v) is 7.28. The van der Waals surface area contributed by atoms with Crippen LogP contribution in [0.3, 0.4) is 0 Å². The lowest BCUT2D eigenvalue weighted by atomic mass is 10.2. The second-order valence-corrected chi connectivity index (χ2v) is 5.01. The van der Waals surface area contributed by atoms with Crippen LogP contribution in [0.4, 0.5) is 0 Å². The van der Waals surface area contributed by atoms with Crippen molar-refractivity contribution in [2.45, 2.75) is 13.3 Å². The summed E-state index contributed by atoms with van der Waals surface area (Å²) in [4.78, 5) is 34.3. The Morgan fingerprint density at radius 3 is 2.67 bits per heavy atom. The summed E-state index contributed by atoms with van der Waals surface area (Å²) in [5.41, 5.74) is 0.462. The molecule has 21 heavy (non-hydrogen) atoms. The highest BCUT2D eigenvalue weighted by molar-refractivity contribution is 9.10. The fraction of sp³-hybridized carbons (Fsp3) is 0.357. The Labute approximate surface area is 131 Å². The Kier molecular flexibility index (Phi) is 7.45. The van der Waals surface area contributed by atoms with E-state index < -0.39 is 0 Å². The molecule has 0 aliphatic rings. The van der Waals surface area contributed by atoms with E-state index in [2.05, 4.69) is 26.6 Å². The molecule has 2 amide bonds. The van der Waals surface area contributed by atoms with Gasteiger partial charge in [-0.05, 0) is 25.1 Å². The smallest absolute Gasteiger partial charge is 0.307 e. The fourth-order valence-electron chi connectivity index (χ4n) is 1.49. The van der Waals surface area contributed by atoms with E-state index in [0.717, 1.165) is 4.47 Å². The largest absolute Gasteiger partial charge is 0.466 e. The number of halogens is 1. The number of benzene rings is 1. The van der Waals surface area contributed by atoms with Gasteiger partial charge in [0.25, 0.3) is 5.91 Å². The Balaban J connectivity index is 2.27. The molecule has 7 heteroatoms. The zero-order chi connectivity index (χ0) is 15.7. The summed E-state index contributed by atoms with van der Waals surface area (Å²) in [5, 5.41) is 5.03. The summed E-state index contributed by atoms with van der Waals surface area (Å²) in [6.45, 7) is 2.07. The van der Waals surface area contributed by atoms with E-state index in [4.69, 9.17) is 4.74 Å². The van der Waals surface area contributed by atoms with Crippen molar-refractivity contribution in [1.29, 1.82) is 0 Å². The van der Waals surface area contributed by atoms with Gasteiger partial charge in [0.1, 0.15) is 0 Å². The number of nitrogens with one attached hydrogen (secondary N) is 2. The van der Waals surface area contributed by atoms with Crippen molar-refractivity contribution in [1.82, 2.24) is 10.6 Å². The maximum atomic E-state index is 11.8. The minimum atomic E-state index is -0.365. The first-order valence-electron chi connectivity index (χ1n) is 6.49. The minimum Gasteiger partial charge on any atom is -0.466 e. The van der Waals surface area contributed by atoms with Crippen LogP contribution in [0.15, 0.2) is 28.7 Å². The third-order valence-corrected chi connectivity index (χ3v) is 2.95. The highest BCUT2D eigenvalue weighted by Crippen LogP contribution is 2.11. The number of amides is 2. The molecule has 0 atom stereocenters. The van der Waals surface area contributed by atoms with Crippen molar-refractivity contribution in [3.8, 4) is 0 Å². The van der Waals surface area contributed by atoms with Crippen molar-refractivity contribution in [2.24, 2.45) is 0 Å². The molecule has 0 spiro atoms. The molecule has 114 valence electrons. The van der Waals surface area contributed by atoms with E-state index in [9.17, 15) is 14.4 Å². The van der Waals surface area contributed by atoms with Gasteiger partial charge in [-0.1, -0.05) is 22.0 Å². The van der Waals surface area contributed by atoms with E-state index in [0.29, 0.717) is 12.2 Å². The SMILES string of the molecule is CCOC(=O)CCNC(=O)CNC(=O)c1cccc(Br)c1. The maximum Gasteiger partial charge on any atom is 0.307 e. The van der Waals surface area contributed by atoms with Crippen LogP contribution in [0.25, 0.3) is 0 Å². The molecule has 0 unspecified atom stereocenters. The first kappa shape index (κ1) is 17.2. The van der Waals surface area contributed by atoms with Crippen LogP contribution in [0.1, 0.15) is 23.7 Å². The number of carbonyl (C=O) groups is 3. The standard InChI is InChI=1S/C14H17BrN2O4/c1-2-21-13(19)6-7-16-12(18)9-17-14(20)10-4-3-5-11(15)8-10/h3-5,8H,2,6-7,9H2,1H3,(H,16,18)(H,17,20). The van der Waals surface area contributed by atoms with Gasteiger partial charge in [0.2, 0.25) is 5.91 Å². The first-order chi connectivity index (χ1) is 10.0. The van der Waals surface area contributed by atoms with Gasteiger partial charge in [0, 0.05) is 16.6 Å². The lowest BCUT2D eigenvalue weighted by Gasteiger charge is -2.07. The van der Waals surface area contributed by atoms with Crippen molar-refractivity contribution >= 4 is 33.7 Å². The number of hydrogen-bond acceptors (Lipinski definition) is 4. The molecule has 0 saturated carbocycles. The van der Waals surface area contributed by atoms with Gasteiger partial charge in [-0.25, -0.2) is 0 Å². The monoisotopic (exact) mass is 356 g/mol. The van der Waals surface area contributed by atoms with E-state index in [1.165, 1.54) is 0 Å². The van der Waals surface area contributed by atoms with Gasteiger partial charge < -0.3 is 15.4 Å². The average Bonchev–Trinajstić information content (AvgIpc) is 2.45. The lowest BCUT2D eigenvalue weighted by molar-refractivity contribution is -0.143. The Morgan fingerprint density at radius 2 is 2.00 bits per heavy atom. The fourth-order valence-corrected chi connectivity index (χ4v) is 1.89. The van der Waals surface area contributed by atoms with Crippen molar-refractivity contribution < 1.29 is 19.1 Å². The number of carbonyl (C=O) groups excluding carboxylic acids is 3. The molecule has 0 heterocycles. The Bertz CT molecular complexity index is 519. The van der Waals surface area contributed by atoms with Gasteiger partial charge in [-0.3, -0.25) is 14.4 Å². The molecule has 1 aromatic rings. The van der Waals surface area contributed by atoms with Gasteiger partial charge in [-0.2, -0.15) is 0 Å². The number of hydrogen-bond donors (Lipinski definition) is 2. The maximum absolute atomic E-state index is 11.8. The third-order valence-electron chi connectivity index (χ3n) is 2.45.